The Morgan fingerprint density at radius 3 is 2.85 bits per heavy atom. The minimum absolute atomic E-state index is 0.0628. The Balaban J connectivity index is 3.45. The van der Waals surface area contributed by atoms with Gasteiger partial charge in [0.1, 0.15) is 0 Å². The van der Waals surface area contributed by atoms with Crippen LogP contribution in [0.15, 0.2) is 0 Å². The SMILES string of the molecule is C#CCC(C)NC(=O)CCCCCl. The molecule has 0 aromatic heterocycles. The summed E-state index contributed by atoms with van der Waals surface area (Å²) in [4.78, 5) is 11.2. The number of terminal acetylenes is 1. The number of halogens is 1. The minimum atomic E-state index is 0.0628. The lowest BCUT2D eigenvalue weighted by Crippen LogP contribution is -2.31. The van der Waals surface area contributed by atoms with Crippen LogP contribution in [0.4, 0.5) is 0 Å². The maximum Gasteiger partial charge on any atom is 0.220 e. The molecule has 0 spiro atoms. The Kier molecular flexibility index (Phi) is 7.53. The summed E-state index contributed by atoms with van der Waals surface area (Å²) in [6.07, 6.45) is 7.97. The zero-order valence-electron chi connectivity index (χ0n) is 7.98. The van der Waals surface area contributed by atoms with Crippen molar-refractivity contribution in [1.82, 2.24) is 5.32 Å². The van der Waals surface area contributed by atoms with Crippen LogP contribution in [-0.2, 0) is 4.79 Å². The van der Waals surface area contributed by atoms with E-state index in [4.69, 9.17) is 18.0 Å². The first-order valence-corrected chi connectivity index (χ1v) is 5.03. The summed E-state index contributed by atoms with van der Waals surface area (Å²) < 4.78 is 0. The van der Waals surface area contributed by atoms with E-state index in [0.29, 0.717) is 18.7 Å². The minimum Gasteiger partial charge on any atom is -0.353 e. The van der Waals surface area contributed by atoms with Gasteiger partial charge in [-0.2, -0.15) is 0 Å². The zero-order valence-corrected chi connectivity index (χ0v) is 8.73. The van der Waals surface area contributed by atoms with Crippen LogP contribution in [0.1, 0.15) is 32.6 Å². The average Bonchev–Trinajstić information content (AvgIpc) is 2.05. The van der Waals surface area contributed by atoms with Gasteiger partial charge >= 0.3 is 0 Å². The second-order valence-electron chi connectivity index (χ2n) is 3.02. The molecular weight excluding hydrogens is 186 g/mol. The van der Waals surface area contributed by atoms with E-state index in [9.17, 15) is 4.79 Å². The maximum atomic E-state index is 11.2. The highest BCUT2D eigenvalue weighted by molar-refractivity contribution is 6.17. The molecule has 0 saturated carbocycles. The van der Waals surface area contributed by atoms with E-state index in [0.717, 1.165) is 12.8 Å². The van der Waals surface area contributed by atoms with E-state index in [1.54, 1.807) is 0 Å². The molecule has 1 N–H and O–H groups in total. The molecule has 0 aliphatic heterocycles. The molecule has 0 heterocycles. The maximum absolute atomic E-state index is 11.2. The Morgan fingerprint density at radius 1 is 1.62 bits per heavy atom. The monoisotopic (exact) mass is 201 g/mol. The van der Waals surface area contributed by atoms with Crippen molar-refractivity contribution in [2.24, 2.45) is 0 Å². The summed E-state index contributed by atoms with van der Waals surface area (Å²) in [5, 5.41) is 2.82. The third kappa shape index (κ3) is 7.67. The topological polar surface area (TPSA) is 29.1 Å². The summed E-state index contributed by atoms with van der Waals surface area (Å²) in [5.41, 5.74) is 0. The first kappa shape index (κ1) is 12.3. The molecule has 0 fully saturated rings. The van der Waals surface area contributed by atoms with Crippen molar-refractivity contribution in [2.45, 2.75) is 38.6 Å². The Bertz CT molecular complexity index is 186. The first-order valence-electron chi connectivity index (χ1n) is 4.49. The van der Waals surface area contributed by atoms with E-state index < -0.39 is 0 Å². The van der Waals surface area contributed by atoms with E-state index in [1.165, 1.54) is 0 Å². The van der Waals surface area contributed by atoms with Crippen LogP contribution in [0, 0.1) is 12.3 Å². The molecule has 1 unspecified atom stereocenters. The largest absolute Gasteiger partial charge is 0.353 e. The van der Waals surface area contributed by atoms with E-state index >= 15 is 0 Å². The van der Waals surface area contributed by atoms with Crippen LogP contribution in [0.25, 0.3) is 0 Å². The van der Waals surface area contributed by atoms with E-state index in [1.807, 2.05) is 6.92 Å². The molecule has 0 radical (unpaired) electrons. The lowest BCUT2D eigenvalue weighted by atomic mass is 10.2. The normalized spacial score (nSPS) is 11.8. The predicted octanol–water partition coefficient (Wildman–Crippen LogP) is 1.92. The van der Waals surface area contributed by atoms with Crippen molar-refractivity contribution in [3.05, 3.63) is 0 Å². The molecule has 13 heavy (non-hydrogen) atoms. The molecule has 1 amide bonds. The zero-order chi connectivity index (χ0) is 10.1. The fourth-order valence-electron chi connectivity index (χ4n) is 0.955. The van der Waals surface area contributed by atoms with Crippen molar-refractivity contribution in [2.75, 3.05) is 5.88 Å². The highest BCUT2D eigenvalue weighted by Gasteiger charge is 2.04. The predicted molar refractivity (Wildman–Crippen MR) is 55.6 cm³/mol. The third-order valence-corrected chi connectivity index (χ3v) is 1.89. The Labute approximate surface area is 85.0 Å². The van der Waals surface area contributed by atoms with Gasteiger partial charge in [0.05, 0.1) is 0 Å². The highest BCUT2D eigenvalue weighted by atomic mass is 35.5. The fourth-order valence-corrected chi connectivity index (χ4v) is 1.14. The van der Waals surface area contributed by atoms with Gasteiger partial charge in [0.2, 0.25) is 5.91 Å². The van der Waals surface area contributed by atoms with Crippen LogP contribution < -0.4 is 5.32 Å². The lowest BCUT2D eigenvalue weighted by Gasteiger charge is -2.10. The Hall–Kier alpha value is -0.680. The molecule has 74 valence electrons. The molecule has 2 nitrogen and oxygen atoms in total. The molecule has 0 aliphatic carbocycles. The second kappa shape index (κ2) is 7.94. The van der Waals surface area contributed by atoms with Gasteiger partial charge in [-0.25, -0.2) is 0 Å². The number of rotatable bonds is 6. The highest BCUT2D eigenvalue weighted by Crippen LogP contribution is 1.98. The quantitative estimate of drug-likeness (QED) is 0.397. The molecule has 1 atom stereocenters. The Morgan fingerprint density at radius 2 is 2.31 bits per heavy atom. The van der Waals surface area contributed by atoms with Crippen molar-refractivity contribution >= 4 is 17.5 Å². The number of carbonyl (C=O) groups is 1. The van der Waals surface area contributed by atoms with Gasteiger partial charge in [-0.3, -0.25) is 4.79 Å². The summed E-state index contributed by atoms with van der Waals surface area (Å²) in [6, 6.07) is 0.0773. The van der Waals surface area contributed by atoms with Gasteiger partial charge in [0.25, 0.3) is 0 Å². The fraction of sp³-hybridized carbons (Fsp3) is 0.700. The molecular formula is C10H16ClNO. The molecule has 0 saturated heterocycles. The standard InChI is InChI=1S/C10H16ClNO/c1-3-6-9(2)12-10(13)7-4-5-8-11/h1,9H,4-8H2,2H3,(H,12,13). The van der Waals surface area contributed by atoms with Gasteiger partial charge in [-0.05, 0) is 19.8 Å². The van der Waals surface area contributed by atoms with Crippen molar-refractivity contribution in [3.63, 3.8) is 0 Å². The molecule has 3 heteroatoms. The van der Waals surface area contributed by atoms with Crippen molar-refractivity contribution < 1.29 is 4.79 Å². The van der Waals surface area contributed by atoms with Gasteiger partial charge < -0.3 is 5.32 Å². The summed E-state index contributed by atoms with van der Waals surface area (Å²) in [6.45, 7) is 1.90. The number of alkyl halides is 1. The number of hydrogen-bond acceptors (Lipinski definition) is 1. The van der Waals surface area contributed by atoms with Gasteiger partial charge in [0.15, 0.2) is 0 Å². The van der Waals surface area contributed by atoms with Crippen molar-refractivity contribution in [1.29, 1.82) is 0 Å². The molecule has 0 aromatic rings. The summed E-state index contributed by atoms with van der Waals surface area (Å²) in [7, 11) is 0. The molecule has 0 aliphatic rings. The van der Waals surface area contributed by atoms with E-state index in [2.05, 4.69) is 11.2 Å². The summed E-state index contributed by atoms with van der Waals surface area (Å²) >= 11 is 5.48. The second-order valence-corrected chi connectivity index (χ2v) is 3.40. The van der Waals surface area contributed by atoms with Gasteiger partial charge in [0, 0.05) is 24.8 Å². The summed E-state index contributed by atoms with van der Waals surface area (Å²) in [5.74, 6) is 3.19. The number of amides is 1. The van der Waals surface area contributed by atoms with Crippen LogP contribution in [0.3, 0.4) is 0 Å². The van der Waals surface area contributed by atoms with Crippen LogP contribution in [0.2, 0.25) is 0 Å². The van der Waals surface area contributed by atoms with Gasteiger partial charge in [-0.15, -0.1) is 23.9 Å². The van der Waals surface area contributed by atoms with Crippen molar-refractivity contribution in [3.8, 4) is 12.3 Å². The van der Waals surface area contributed by atoms with Crippen LogP contribution in [0.5, 0.6) is 0 Å². The number of carbonyl (C=O) groups excluding carboxylic acids is 1. The number of unbranched alkanes of at least 4 members (excludes halogenated alkanes) is 1. The number of nitrogens with one attached hydrogen (secondary N) is 1. The smallest absolute Gasteiger partial charge is 0.220 e. The number of hydrogen-bond donors (Lipinski definition) is 1. The third-order valence-electron chi connectivity index (χ3n) is 1.62. The van der Waals surface area contributed by atoms with Gasteiger partial charge in [-0.1, -0.05) is 0 Å². The lowest BCUT2D eigenvalue weighted by molar-refractivity contribution is -0.121. The average molecular weight is 202 g/mol. The van der Waals surface area contributed by atoms with E-state index in [-0.39, 0.29) is 11.9 Å². The molecule has 0 bridgehead atoms. The van der Waals surface area contributed by atoms with Crippen LogP contribution >= 0.6 is 11.6 Å². The molecule has 0 rings (SSSR count). The molecule has 0 aromatic carbocycles. The van der Waals surface area contributed by atoms with Crippen LogP contribution in [-0.4, -0.2) is 17.8 Å². The first-order chi connectivity index (χ1) is 6.20.